The largest absolute Gasteiger partial charge is 0.311 e. The molecule has 1 atom stereocenters. The summed E-state index contributed by atoms with van der Waals surface area (Å²) in [7, 11) is 0. The van der Waals surface area contributed by atoms with Gasteiger partial charge in [0.2, 0.25) is 5.91 Å². The third kappa shape index (κ3) is 2.81. The molecule has 3 heteroatoms. The monoisotopic (exact) mass is 258 g/mol. The number of carbonyl (C=O) groups is 1. The number of amides is 1. The fraction of sp³-hybridized carbons (Fsp3) is 0.562. The molecule has 1 saturated heterocycles. The second-order valence-corrected chi connectivity index (χ2v) is 5.65. The van der Waals surface area contributed by atoms with E-state index in [0.717, 1.165) is 31.5 Å². The second-order valence-electron chi connectivity index (χ2n) is 5.65. The molecular formula is C16H22N2O. The summed E-state index contributed by atoms with van der Waals surface area (Å²) in [5.74, 6) is 0.256. The quantitative estimate of drug-likeness (QED) is 0.900. The van der Waals surface area contributed by atoms with Crippen LogP contribution in [0.2, 0.25) is 0 Å². The van der Waals surface area contributed by atoms with Crippen LogP contribution in [0, 0.1) is 0 Å². The zero-order valence-corrected chi connectivity index (χ0v) is 11.6. The smallest absolute Gasteiger partial charge is 0.244 e. The molecule has 3 nitrogen and oxygen atoms in total. The molecule has 2 aliphatic rings. The van der Waals surface area contributed by atoms with Crippen LogP contribution in [0.4, 0.5) is 5.69 Å². The van der Waals surface area contributed by atoms with Crippen LogP contribution in [0.1, 0.15) is 38.2 Å². The molecule has 1 unspecified atom stereocenters. The number of carbonyl (C=O) groups excluding carboxylic acids is 1. The van der Waals surface area contributed by atoms with E-state index in [1.807, 2.05) is 4.90 Å². The Morgan fingerprint density at radius 3 is 2.89 bits per heavy atom. The molecule has 1 saturated carbocycles. The zero-order valence-electron chi connectivity index (χ0n) is 11.6. The highest BCUT2D eigenvalue weighted by atomic mass is 16.2. The summed E-state index contributed by atoms with van der Waals surface area (Å²) in [6, 6.07) is 9.01. The summed E-state index contributed by atoms with van der Waals surface area (Å²) in [6.07, 6.45) is 5.55. The van der Waals surface area contributed by atoms with Gasteiger partial charge >= 0.3 is 0 Å². The SMILES string of the molecule is CCc1cccc(N2CCCC(NC3CC3)C2=O)c1. The molecule has 0 bridgehead atoms. The van der Waals surface area contributed by atoms with Gasteiger partial charge in [0.05, 0.1) is 6.04 Å². The van der Waals surface area contributed by atoms with Crippen molar-refractivity contribution in [3.8, 4) is 0 Å². The van der Waals surface area contributed by atoms with Gasteiger partial charge in [-0.15, -0.1) is 0 Å². The third-order valence-corrected chi connectivity index (χ3v) is 4.08. The molecule has 1 aromatic carbocycles. The predicted molar refractivity (Wildman–Crippen MR) is 77.4 cm³/mol. The summed E-state index contributed by atoms with van der Waals surface area (Å²) in [6.45, 7) is 3.00. The van der Waals surface area contributed by atoms with Crippen molar-refractivity contribution < 1.29 is 4.79 Å². The van der Waals surface area contributed by atoms with E-state index in [4.69, 9.17) is 0 Å². The van der Waals surface area contributed by atoms with Crippen molar-refractivity contribution >= 4 is 11.6 Å². The minimum atomic E-state index is 0.0338. The Bertz CT molecular complexity index is 468. The highest BCUT2D eigenvalue weighted by molar-refractivity contribution is 5.98. The Morgan fingerprint density at radius 2 is 2.16 bits per heavy atom. The van der Waals surface area contributed by atoms with Gasteiger partial charge in [-0.3, -0.25) is 4.79 Å². The molecule has 1 aliphatic carbocycles. The molecule has 0 aromatic heterocycles. The Labute approximate surface area is 115 Å². The minimum Gasteiger partial charge on any atom is -0.311 e. The van der Waals surface area contributed by atoms with E-state index >= 15 is 0 Å². The van der Waals surface area contributed by atoms with Crippen molar-refractivity contribution in [1.82, 2.24) is 5.32 Å². The molecule has 1 aromatic rings. The van der Waals surface area contributed by atoms with Gasteiger partial charge in [0.25, 0.3) is 0 Å². The van der Waals surface area contributed by atoms with Gasteiger partial charge in [-0.05, 0) is 49.8 Å². The molecule has 1 heterocycles. The summed E-state index contributed by atoms with van der Waals surface area (Å²) < 4.78 is 0. The van der Waals surface area contributed by atoms with E-state index in [0.29, 0.717) is 6.04 Å². The maximum absolute atomic E-state index is 12.6. The van der Waals surface area contributed by atoms with Crippen LogP contribution in [0.15, 0.2) is 24.3 Å². The lowest BCUT2D eigenvalue weighted by molar-refractivity contribution is -0.121. The Morgan fingerprint density at radius 1 is 1.32 bits per heavy atom. The number of piperidine rings is 1. The maximum Gasteiger partial charge on any atom is 0.244 e. The number of rotatable bonds is 4. The normalized spacial score (nSPS) is 23.7. The van der Waals surface area contributed by atoms with Crippen LogP contribution in [-0.4, -0.2) is 24.5 Å². The zero-order chi connectivity index (χ0) is 13.2. The van der Waals surface area contributed by atoms with Crippen LogP contribution >= 0.6 is 0 Å². The molecule has 1 aliphatic heterocycles. The first-order valence-corrected chi connectivity index (χ1v) is 7.44. The highest BCUT2D eigenvalue weighted by Gasteiger charge is 2.33. The number of benzene rings is 1. The van der Waals surface area contributed by atoms with E-state index < -0.39 is 0 Å². The maximum atomic E-state index is 12.6. The van der Waals surface area contributed by atoms with E-state index in [1.165, 1.54) is 18.4 Å². The van der Waals surface area contributed by atoms with Crippen molar-refractivity contribution in [1.29, 1.82) is 0 Å². The first kappa shape index (κ1) is 12.7. The molecular weight excluding hydrogens is 236 g/mol. The van der Waals surface area contributed by atoms with Gasteiger partial charge < -0.3 is 10.2 Å². The molecule has 0 radical (unpaired) electrons. The van der Waals surface area contributed by atoms with E-state index in [-0.39, 0.29) is 11.9 Å². The predicted octanol–water partition coefficient (Wildman–Crippen LogP) is 2.50. The molecule has 3 rings (SSSR count). The Balaban J connectivity index is 1.76. The number of hydrogen-bond donors (Lipinski definition) is 1. The lowest BCUT2D eigenvalue weighted by Gasteiger charge is -2.33. The highest BCUT2D eigenvalue weighted by Crippen LogP contribution is 2.25. The number of nitrogens with one attached hydrogen (secondary N) is 1. The first-order valence-electron chi connectivity index (χ1n) is 7.44. The average molecular weight is 258 g/mol. The van der Waals surface area contributed by atoms with E-state index in [2.05, 4.69) is 36.5 Å². The Kier molecular flexibility index (Phi) is 3.56. The number of anilines is 1. The van der Waals surface area contributed by atoms with Crippen molar-refractivity contribution in [2.24, 2.45) is 0 Å². The molecule has 1 amide bonds. The van der Waals surface area contributed by atoms with Gasteiger partial charge in [-0.2, -0.15) is 0 Å². The molecule has 1 N–H and O–H groups in total. The second kappa shape index (κ2) is 5.33. The average Bonchev–Trinajstić information content (AvgIpc) is 3.25. The lowest BCUT2D eigenvalue weighted by Crippen LogP contribution is -2.51. The van der Waals surface area contributed by atoms with Gasteiger partial charge in [-0.25, -0.2) is 0 Å². The number of aryl methyl sites for hydroxylation is 1. The summed E-state index contributed by atoms with van der Waals surface area (Å²) >= 11 is 0. The third-order valence-electron chi connectivity index (χ3n) is 4.08. The molecule has 19 heavy (non-hydrogen) atoms. The molecule has 0 spiro atoms. The number of nitrogens with zero attached hydrogens (tertiary/aromatic N) is 1. The standard InChI is InChI=1S/C16H22N2O/c1-2-12-5-3-6-14(11-12)18-10-4-7-15(16(18)19)17-13-8-9-13/h3,5-6,11,13,15,17H,2,4,7-10H2,1H3. The summed E-state index contributed by atoms with van der Waals surface area (Å²) in [4.78, 5) is 14.5. The molecule has 102 valence electrons. The minimum absolute atomic E-state index is 0.0338. The summed E-state index contributed by atoms with van der Waals surface area (Å²) in [5, 5.41) is 3.48. The molecule has 2 fully saturated rings. The topological polar surface area (TPSA) is 32.3 Å². The van der Waals surface area contributed by atoms with Crippen LogP contribution in [0.25, 0.3) is 0 Å². The summed E-state index contributed by atoms with van der Waals surface area (Å²) in [5.41, 5.74) is 2.36. The van der Waals surface area contributed by atoms with Gasteiger partial charge in [-0.1, -0.05) is 19.1 Å². The fourth-order valence-electron chi connectivity index (χ4n) is 2.77. The Hall–Kier alpha value is -1.35. The fourth-order valence-corrected chi connectivity index (χ4v) is 2.77. The number of hydrogen-bond acceptors (Lipinski definition) is 2. The van der Waals surface area contributed by atoms with E-state index in [9.17, 15) is 4.79 Å². The van der Waals surface area contributed by atoms with Crippen LogP contribution in [-0.2, 0) is 11.2 Å². The van der Waals surface area contributed by atoms with Crippen LogP contribution in [0.3, 0.4) is 0 Å². The van der Waals surface area contributed by atoms with Crippen molar-refractivity contribution in [2.45, 2.75) is 51.1 Å². The van der Waals surface area contributed by atoms with Gasteiger partial charge in [0, 0.05) is 18.3 Å². The van der Waals surface area contributed by atoms with Crippen LogP contribution < -0.4 is 10.2 Å². The van der Waals surface area contributed by atoms with Crippen molar-refractivity contribution in [3.05, 3.63) is 29.8 Å². The lowest BCUT2D eigenvalue weighted by atomic mass is 10.0. The van der Waals surface area contributed by atoms with E-state index in [1.54, 1.807) is 0 Å². The van der Waals surface area contributed by atoms with Gasteiger partial charge in [0.15, 0.2) is 0 Å². The van der Waals surface area contributed by atoms with Crippen molar-refractivity contribution in [2.75, 3.05) is 11.4 Å². The van der Waals surface area contributed by atoms with Gasteiger partial charge in [0.1, 0.15) is 0 Å². The van der Waals surface area contributed by atoms with Crippen molar-refractivity contribution in [3.63, 3.8) is 0 Å². The first-order chi connectivity index (χ1) is 9.28. The van der Waals surface area contributed by atoms with Crippen LogP contribution in [0.5, 0.6) is 0 Å².